The van der Waals surface area contributed by atoms with Crippen LogP contribution in [0, 0.1) is 11.3 Å². The van der Waals surface area contributed by atoms with Crippen LogP contribution in [0.25, 0.3) is 0 Å². The summed E-state index contributed by atoms with van der Waals surface area (Å²) in [5.41, 5.74) is 2.83. The van der Waals surface area contributed by atoms with Crippen LogP contribution in [0.2, 0.25) is 0 Å². The molecule has 1 aromatic carbocycles. The van der Waals surface area contributed by atoms with Crippen molar-refractivity contribution in [1.29, 1.82) is 5.26 Å². The highest BCUT2D eigenvalue weighted by molar-refractivity contribution is 9.10. The summed E-state index contributed by atoms with van der Waals surface area (Å²) in [7, 11) is 0. The van der Waals surface area contributed by atoms with Gasteiger partial charge in [-0.15, -0.1) is 0 Å². The number of nitrogens with zero attached hydrogens (tertiary/aromatic N) is 3. The molecule has 0 radical (unpaired) electrons. The Morgan fingerprint density at radius 1 is 1.33 bits per heavy atom. The summed E-state index contributed by atoms with van der Waals surface area (Å²) in [5, 5.41) is 8.96. The van der Waals surface area contributed by atoms with Crippen LogP contribution in [0.3, 0.4) is 0 Å². The molecule has 3 N–H and O–H groups in total. The largest absolute Gasteiger partial charge is 0.436 e. The molecule has 0 fully saturated rings. The van der Waals surface area contributed by atoms with Gasteiger partial charge in [0.05, 0.1) is 5.56 Å². The second-order valence-electron chi connectivity index (χ2n) is 3.20. The van der Waals surface area contributed by atoms with Crippen molar-refractivity contribution in [2.75, 3.05) is 5.43 Å². The lowest BCUT2D eigenvalue weighted by molar-refractivity contribution is 0.457. The Morgan fingerprint density at radius 3 is 2.83 bits per heavy atom. The van der Waals surface area contributed by atoms with Crippen LogP contribution in [-0.2, 0) is 0 Å². The van der Waals surface area contributed by atoms with Gasteiger partial charge in [-0.2, -0.15) is 5.26 Å². The first-order chi connectivity index (χ1) is 8.76. The van der Waals surface area contributed by atoms with Crippen LogP contribution >= 0.6 is 15.9 Å². The second-order valence-corrected chi connectivity index (χ2v) is 3.99. The SMILES string of the molecule is N#Cc1ccccc1Oc1ncnc(NN)c1Br. The molecule has 1 heterocycles. The number of rotatable bonds is 3. The molecule has 0 aliphatic heterocycles. The molecule has 0 amide bonds. The Bertz CT molecular complexity index is 611. The molecule has 0 aliphatic carbocycles. The lowest BCUT2D eigenvalue weighted by Crippen LogP contribution is -2.10. The molecule has 0 atom stereocenters. The Balaban J connectivity index is 2.38. The molecule has 2 aromatic rings. The number of hydrogen-bond donors (Lipinski definition) is 2. The molecule has 0 bridgehead atoms. The fraction of sp³-hybridized carbons (Fsp3) is 0. The van der Waals surface area contributed by atoms with Crippen LogP contribution in [-0.4, -0.2) is 9.97 Å². The molecule has 2 rings (SSSR count). The van der Waals surface area contributed by atoms with E-state index in [9.17, 15) is 0 Å². The molecule has 0 spiro atoms. The molecule has 0 saturated heterocycles. The smallest absolute Gasteiger partial charge is 0.238 e. The average molecular weight is 306 g/mol. The summed E-state index contributed by atoms with van der Waals surface area (Å²) >= 11 is 3.27. The number of aromatic nitrogens is 2. The first kappa shape index (κ1) is 12.3. The van der Waals surface area contributed by atoms with Crippen molar-refractivity contribution in [3.05, 3.63) is 40.6 Å². The van der Waals surface area contributed by atoms with E-state index in [1.807, 2.05) is 6.07 Å². The van der Waals surface area contributed by atoms with E-state index in [0.717, 1.165) is 0 Å². The molecule has 0 unspecified atom stereocenters. The Kier molecular flexibility index (Phi) is 3.72. The number of ether oxygens (including phenoxy) is 1. The van der Waals surface area contributed by atoms with Gasteiger partial charge in [-0.3, -0.25) is 0 Å². The molecule has 1 aromatic heterocycles. The first-order valence-electron chi connectivity index (χ1n) is 4.90. The summed E-state index contributed by atoms with van der Waals surface area (Å²) in [6.07, 6.45) is 1.31. The highest BCUT2D eigenvalue weighted by Crippen LogP contribution is 2.32. The van der Waals surface area contributed by atoms with Gasteiger partial charge in [0.2, 0.25) is 5.88 Å². The molecule has 7 heteroatoms. The number of nitriles is 1. The van der Waals surface area contributed by atoms with Gasteiger partial charge in [-0.1, -0.05) is 12.1 Å². The number of halogens is 1. The topological polar surface area (TPSA) is 96.8 Å². The van der Waals surface area contributed by atoms with Crippen molar-refractivity contribution in [3.63, 3.8) is 0 Å². The van der Waals surface area contributed by atoms with Crippen LogP contribution in [0.1, 0.15) is 5.56 Å². The van der Waals surface area contributed by atoms with Gasteiger partial charge in [0.25, 0.3) is 0 Å². The normalized spacial score (nSPS) is 9.61. The lowest BCUT2D eigenvalue weighted by Gasteiger charge is -2.09. The van der Waals surface area contributed by atoms with Gasteiger partial charge in [0, 0.05) is 0 Å². The van der Waals surface area contributed by atoms with Crippen LogP contribution in [0.15, 0.2) is 35.1 Å². The number of hydrazine groups is 1. The maximum absolute atomic E-state index is 8.96. The standard InChI is InChI=1S/C11H8BrN5O/c12-9-10(17-14)15-6-16-11(9)18-8-4-2-1-3-7(8)5-13/h1-4,6H,14H2,(H,15,16,17). The minimum absolute atomic E-state index is 0.278. The fourth-order valence-corrected chi connectivity index (χ4v) is 1.68. The molecule has 90 valence electrons. The van der Waals surface area contributed by atoms with Gasteiger partial charge in [0.1, 0.15) is 22.6 Å². The predicted octanol–water partition coefficient (Wildman–Crippen LogP) is 2.19. The molecule has 0 saturated carbocycles. The summed E-state index contributed by atoms with van der Waals surface area (Å²) in [6, 6.07) is 8.91. The number of hydrogen-bond acceptors (Lipinski definition) is 6. The van der Waals surface area contributed by atoms with Crippen molar-refractivity contribution in [3.8, 4) is 17.7 Å². The molecule has 6 nitrogen and oxygen atoms in total. The zero-order valence-corrected chi connectivity index (χ0v) is 10.7. The number of anilines is 1. The Hall–Kier alpha value is -2.17. The maximum Gasteiger partial charge on any atom is 0.238 e. The van der Waals surface area contributed by atoms with E-state index in [1.165, 1.54) is 6.33 Å². The van der Waals surface area contributed by atoms with Crippen LogP contribution in [0.5, 0.6) is 11.6 Å². The number of nitrogen functional groups attached to an aromatic ring is 1. The van der Waals surface area contributed by atoms with Crippen molar-refractivity contribution in [1.82, 2.24) is 9.97 Å². The van der Waals surface area contributed by atoms with E-state index in [-0.39, 0.29) is 5.88 Å². The zero-order valence-electron chi connectivity index (χ0n) is 9.09. The quantitative estimate of drug-likeness (QED) is 0.666. The number of nitrogens with two attached hydrogens (primary N) is 1. The minimum atomic E-state index is 0.278. The molecular formula is C11H8BrN5O. The van der Waals surface area contributed by atoms with E-state index < -0.39 is 0 Å². The second kappa shape index (κ2) is 5.44. The Labute approximate surface area is 112 Å². The third kappa shape index (κ3) is 2.40. The van der Waals surface area contributed by atoms with Gasteiger partial charge < -0.3 is 10.2 Å². The van der Waals surface area contributed by atoms with Gasteiger partial charge in [-0.25, -0.2) is 15.8 Å². The number of para-hydroxylation sites is 1. The third-order valence-electron chi connectivity index (χ3n) is 2.11. The Morgan fingerprint density at radius 2 is 2.11 bits per heavy atom. The van der Waals surface area contributed by atoms with Crippen molar-refractivity contribution >= 4 is 21.7 Å². The van der Waals surface area contributed by atoms with E-state index in [4.69, 9.17) is 15.8 Å². The highest BCUT2D eigenvalue weighted by Gasteiger charge is 2.11. The summed E-state index contributed by atoms with van der Waals surface area (Å²) < 4.78 is 6.04. The third-order valence-corrected chi connectivity index (χ3v) is 2.82. The van der Waals surface area contributed by atoms with E-state index in [2.05, 4.69) is 31.3 Å². The maximum atomic E-state index is 8.96. The van der Waals surface area contributed by atoms with Gasteiger partial charge in [-0.05, 0) is 28.1 Å². The number of benzene rings is 1. The number of nitrogens with one attached hydrogen (secondary N) is 1. The van der Waals surface area contributed by atoms with Crippen molar-refractivity contribution < 1.29 is 4.74 Å². The molecule has 0 aliphatic rings. The van der Waals surface area contributed by atoms with Crippen LogP contribution < -0.4 is 16.0 Å². The van der Waals surface area contributed by atoms with Crippen LogP contribution in [0.4, 0.5) is 5.82 Å². The monoisotopic (exact) mass is 305 g/mol. The highest BCUT2D eigenvalue weighted by atomic mass is 79.9. The van der Waals surface area contributed by atoms with E-state index in [0.29, 0.717) is 21.6 Å². The predicted molar refractivity (Wildman–Crippen MR) is 68.8 cm³/mol. The summed E-state index contributed by atoms with van der Waals surface area (Å²) in [5.74, 6) is 6.39. The van der Waals surface area contributed by atoms with Gasteiger partial charge >= 0.3 is 0 Å². The first-order valence-corrected chi connectivity index (χ1v) is 5.69. The van der Waals surface area contributed by atoms with Gasteiger partial charge in [0.15, 0.2) is 5.82 Å². The minimum Gasteiger partial charge on any atom is -0.436 e. The van der Waals surface area contributed by atoms with E-state index >= 15 is 0 Å². The lowest BCUT2D eigenvalue weighted by atomic mass is 10.2. The molecular weight excluding hydrogens is 298 g/mol. The van der Waals surface area contributed by atoms with E-state index in [1.54, 1.807) is 24.3 Å². The molecule has 18 heavy (non-hydrogen) atoms. The van der Waals surface area contributed by atoms with Crippen molar-refractivity contribution in [2.24, 2.45) is 5.84 Å². The fourth-order valence-electron chi connectivity index (χ4n) is 1.28. The summed E-state index contributed by atoms with van der Waals surface area (Å²) in [6.45, 7) is 0. The summed E-state index contributed by atoms with van der Waals surface area (Å²) in [4.78, 5) is 7.87. The van der Waals surface area contributed by atoms with Crippen molar-refractivity contribution in [2.45, 2.75) is 0 Å². The average Bonchev–Trinajstić information content (AvgIpc) is 2.42. The zero-order chi connectivity index (χ0) is 13.0.